The van der Waals surface area contributed by atoms with Gasteiger partial charge in [-0.1, -0.05) is 24.6 Å². The minimum atomic E-state index is 0.478. The van der Waals surface area contributed by atoms with Crippen LogP contribution < -0.4 is 11.1 Å². The number of benzene rings is 1. The minimum absolute atomic E-state index is 0.478. The number of anilines is 1. The fraction of sp³-hybridized carbons (Fsp3) is 0.400. The maximum atomic E-state index is 5.99. The van der Waals surface area contributed by atoms with Crippen LogP contribution >= 0.6 is 11.6 Å². The lowest BCUT2D eigenvalue weighted by Gasteiger charge is -2.10. The van der Waals surface area contributed by atoms with Gasteiger partial charge >= 0.3 is 0 Å². The van der Waals surface area contributed by atoms with E-state index in [0.29, 0.717) is 6.54 Å². The van der Waals surface area contributed by atoms with Crippen molar-refractivity contribution in [3.05, 3.63) is 28.8 Å². The van der Waals surface area contributed by atoms with Gasteiger partial charge in [0, 0.05) is 29.4 Å². The predicted octanol–water partition coefficient (Wildman–Crippen LogP) is 2.62. The molecule has 0 bridgehead atoms. The Bertz CT molecular complexity index is 274. The van der Waals surface area contributed by atoms with E-state index in [2.05, 4.69) is 12.2 Å². The van der Waals surface area contributed by atoms with Crippen molar-refractivity contribution in [3.63, 3.8) is 0 Å². The average molecular weight is 199 g/mol. The molecule has 0 spiro atoms. The number of nitrogens with one attached hydrogen (secondary N) is 1. The normalized spacial score (nSPS) is 10.1. The van der Waals surface area contributed by atoms with Crippen molar-refractivity contribution in [2.45, 2.75) is 19.9 Å². The Hall–Kier alpha value is -0.730. The summed E-state index contributed by atoms with van der Waals surface area (Å²) in [6.07, 6.45) is 1.09. The highest BCUT2D eigenvalue weighted by Gasteiger charge is 2.03. The van der Waals surface area contributed by atoms with Gasteiger partial charge in [0.25, 0.3) is 0 Å². The first kappa shape index (κ1) is 10.4. The van der Waals surface area contributed by atoms with Crippen molar-refractivity contribution in [3.8, 4) is 0 Å². The molecule has 0 saturated carbocycles. The molecule has 0 aliphatic rings. The van der Waals surface area contributed by atoms with E-state index in [0.717, 1.165) is 29.2 Å². The van der Waals surface area contributed by atoms with Gasteiger partial charge in [-0.3, -0.25) is 0 Å². The molecule has 0 aliphatic carbocycles. The molecule has 1 aromatic carbocycles. The molecule has 0 aliphatic heterocycles. The van der Waals surface area contributed by atoms with Gasteiger partial charge in [-0.25, -0.2) is 0 Å². The van der Waals surface area contributed by atoms with Gasteiger partial charge in [0.15, 0.2) is 0 Å². The van der Waals surface area contributed by atoms with Gasteiger partial charge < -0.3 is 11.1 Å². The number of halogens is 1. The summed E-state index contributed by atoms with van der Waals surface area (Å²) in [5, 5.41) is 4.03. The van der Waals surface area contributed by atoms with E-state index in [4.69, 9.17) is 17.3 Å². The highest BCUT2D eigenvalue weighted by Crippen LogP contribution is 2.23. The maximum Gasteiger partial charge on any atom is 0.0471 e. The summed E-state index contributed by atoms with van der Waals surface area (Å²) in [6.45, 7) is 3.55. The predicted molar refractivity (Wildman–Crippen MR) is 58.1 cm³/mol. The van der Waals surface area contributed by atoms with Crippen molar-refractivity contribution in [2.24, 2.45) is 5.73 Å². The molecule has 72 valence electrons. The van der Waals surface area contributed by atoms with Crippen LogP contribution in [0.5, 0.6) is 0 Å². The third-order valence-corrected chi connectivity index (χ3v) is 2.24. The molecule has 1 rings (SSSR count). The van der Waals surface area contributed by atoms with Crippen molar-refractivity contribution < 1.29 is 0 Å². The van der Waals surface area contributed by atoms with E-state index in [9.17, 15) is 0 Å². The molecule has 0 amide bonds. The maximum absolute atomic E-state index is 5.99. The van der Waals surface area contributed by atoms with Gasteiger partial charge in [-0.2, -0.15) is 0 Å². The van der Waals surface area contributed by atoms with Crippen LogP contribution in [0.3, 0.4) is 0 Å². The van der Waals surface area contributed by atoms with E-state index < -0.39 is 0 Å². The zero-order chi connectivity index (χ0) is 9.68. The van der Waals surface area contributed by atoms with Gasteiger partial charge in [-0.05, 0) is 18.6 Å². The Morgan fingerprint density at radius 1 is 1.46 bits per heavy atom. The Labute approximate surface area is 84.1 Å². The van der Waals surface area contributed by atoms with Crippen LogP contribution in [0, 0.1) is 0 Å². The zero-order valence-electron chi connectivity index (χ0n) is 7.81. The van der Waals surface area contributed by atoms with E-state index in [1.807, 2.05) is 18.2 Å². The molecule has 3 N–H and O–H groups in total. The molecule has 3 heteroatoms. The molecule has 1 aromatic rings. The molecule has 13 heavy (non-hydrogen) atoms. The summed E-state index contributed by atoms with van der Waals surface area (Å²) in [7, 11) is 0. The second kappa shape index (κ2) is 5.10. The van der Waals surface area contributed by atoms with Crippen LogP contribution in [0.4, 0.5) is 5.69 Å². The molecule has 0 aromatic heterocycles. The second-order valence-electron chi connectivity index (χ2n) is 2.90. The van der Waals surface area contributed by atoms with E-state index in [1.165, 1.54) is 0 Å². The van der Waals surface area contributed by atoms with Crippen LogP contribution in [0.2, 0.25) is 5.02 Å². The molecular formula is C10H15ClN2. The average Bonchev–Trinajstić information content (AvgIpc) is 2.15. The zero-order valence-corrected chi connectivity index (χ0v) is 8.56. The van der Waals surface area contributed by atoms with Crippen LogP contribution in [0.25, 0.3) is 0 Å². The Balaban J connectivity index is 2.85. The van der Waals surface area contributed by atoms with Crippen LogP contribution in [-0.2, 0) is 6.54 Å². The second-order valence-corrected chi connectivity index (χ2v) is 3.30. The Kier molecular flexibility index (Phi) is 4.06. The summed E-state index contributed by atoms with van der Waals surface area (Å²) in [6, 6.07) is 5.80. The van der Waals surface area contributed by atoms with Crippen molar-refractivity contribution in [2.75, 3.05) is 11.9 Å². The third-order valence-electron chi connectivity index (χ3n) is 1.89. The monoisotopic (exact) mass is 198 g/mol. The summed E-state index contributed by atoms with van der Waals surface area (Å²) >= 11 is 5.99. The number of nitrogens with two attached hydrogens (primary N) is 1. The minimum Gasteiger partial charge on any atom is -0.385 e. The molecule has 0 saturated heterocycles. The number of hydrogen-bond acceptors (Lipinski definition) is 2. The summed E-state index contributed by atoms with van der Waals surface area (Å²) in [5.74, 6) is 0. The topological polar surface area (TPSA) is 38.0 Å². The Morgan fingerprint density at radius 3 is 2.85 bits per heavy atom. The van der Waals surface area contributed by atoms with Crippen molar-refractivity contribution in [1.82, 2.24) is 0 Å². The number of rotatable bonds is 4. The molecule has 0 heterocycles. The van der Waals surface area contributed by atoms with Crippen molar-refractivity contribution >= 4 is 17.3 Å². The molecule has 0 fully saturated rings. The van der Waals surface area contributed by atoms with E-state index >= 15 is 0 Å². The third kappa shape index (κ3) is 2.61. The SMILES string of the molecule is CCCNc1cccc(Cl)c1CN. The molecule has 0 unspecified atom stereocenters. The smallest absolute Gasteiger partial charge is 0.0471 e. The first-order valence-electron chi connectivity index (χ1n) is 4.51. The largest absolute Gasteiger partial charge is 0.385 e. The molecule has 0 radical (unpaired) electrons. The molecular weight excluding hydrogens is 184 g/mol. The van der Waals surface area contributed by atoms with Gasteiger partial charge in [0.05, 0.1) is 0 Å². The Morgan fingerprint density at radius 2 is 2.23 bits per heavy atom. The standard InChI is InChI=1S/C10H15ClN2/c1-2-6-13-10-5-3-4-9(11)8(10)7-12/h3-5,13H,2,6-7,12H2,1H3. The molecule has 0 atom stereocenters. The summed E-state index contributed by atoms with van der Waals surface area (Å²) in [5.41, 5.74) is 7.65. The lowest BCUT2D eigenvalue weighted by Crippen LogP contribution is -2.06. The fourth-order valence-electron chi connectivity index (χ4n) is 1.19. The van der Waals surface area contributed by atoms with E-state index in [-0.39, 0.29) is 0 Å². The quantitative estimate of drug-likeness (QED) is 0.781. The number of hydrogen-bond donors (Lipinski definition) is 2. The van der Waals surface area contributed by atoms with Crippen LogP contribution in [0.15, 0.2) is 18.2 Å². The molecule has 2 nitrogen and oxygen atoms in total. The summed E-state index contributed by atoms with van der Waals surface area (Å²) in [4.78, 5) is 0. The van der Waals surface area contributed by atoms with Crippen molar-refractivity contribution in [1.29, 1.82) is 0 Å². The first-order chi connectivity index (χ1) is 6.29. The van der Waals surface area contributed by atoms with Gasteiger partial charge in [0.1, 0.15) is 0 Å². The van der Waals surface area contributed by atoms with E-state index in [1.54, 1.807) is 0 Å². The fourth-order valence-corrected chi connectivity index (χ4v) is 1.44. The highest BCUT2D eigenvalue weighted by molar-refractivity contribution is 6.31. The van der Waals surface area contributed by atoms with Crippen LogP contribution in [-0.4, -0.2) is 6.54 Å². The first-order valence-corrected chi connectivity index (χ1v) is 4.88. The summed E-state index contributed by atoms with van der Waals surface area (Å²) < 4.78 is 0. The lowest BCUT2D eigenvalue weighted by molar-refractivity contribution is 0.968. The van der Waals surface area contributed by atoms with Gasteiger partial charge in [-0.15, -0.1) is 0 Å². The highest BCUT2D eigenvalue weighted by atomic mass is 35.5. The lowest BCUT2D eigenvalue weighted by atomic mass is 10.1. The van der Waals surface area contributed by atoms with Gasteiger partial charge in [0.2, 0.25) is 0 Å². The van der Waals surface area contributed by atoms with Crippen LogP contribution in [0.1, 0.15) is 18.9 Å².